The number of ether oxygens (including phenoxy) is 1. The molecule has 2 aromatic rings. The monoisotopic (exact) mass is 342 g/mol. The molecule has 0 bridgehead atoms. The number of carbonyl (C=O) groups excluding carboxylic acids is 1. The van der Waals surface area contributed by atoms with E-state index in [4.69, 9.17) is 4.74 Å². The molecule has 0 saturated heterocycles. The number of nitrogens with zero attached hydrogens (tertiary/aromatic N) is 4. The first-order valence-corrected chi connectivity index (χ1v) is 6.62. The van der Waals surface area contributed by atoms with Crippen LogP contribution in [0.15, 0.2) is 22.9 Å². The molecular weight excluding hydrogens is 331 g/mol. The summed E-state index contributed by atoms with van der Waals surface area (Å²) in [7, 11) is 1.67. The van der Waals surface area contributed by atoms with Crippen LogP contribution in [0.1, 0.15) is 24.3 Å². The molecule has 2 heterocycles. The highest BCUT2D eigenvalue weighted by Crippen LogP contribution is 2.20. The summed E-state index contributed by atoms with van der Waals surface area (Å²) in [6, 6.07) is 3.12. The Labute approximate surface area is 123 Å². The third-order valence-corrected chi connectivity index (χ3v) is 3.36. The van der Waals surface area contributed by atoms with Gasteiger partial charge in [-0.05, 0) is 35.0 Å². The van der Waals surface area contributed by atoms with Crippen LogP contribution in [0.5, 0.6) is 0 Å². The molecule has 8 heteroatoms. The van der Waals surface area contributed by atoms with Gasteiger partial charge in [0.15, 0.2) is 4.60 Å². The number of rotatable bonds is 4. The molecule has 1 atom stereocenters. The van der Waals surface area contributed by atoms with E-state index in [-0.39, 0.29) is 12.0 Å². The molecule has 2 rings (SSSR count). The standard InChI is InChI=1S/C12H12BrFN4O2/c1-7(8-4-3-5-15-12(8)14)20-10(19)6-9-11(13)16-17-18(9)2/h3-5,7H,6H2,1-2H3/t7-/m1/s1. The van der Waals surface area contributed by atoms with E-state index in [2.05, 4.69) is 31.2 Å². The van der Waals surface area contributed by atoms with Crippen molar-refractivity contribution in [3.63, 3.8) is 0 Å². The average molecular weight is 343 g/mol. The summed E-state index contributed by atoms with van der Waals surface area (Å²) >= 11 is 3.20. The summed E-state index contributed by atoms with van der Waals surface area (Å²) in [5, 5.41) is 7.54. The van der Waals surface area contributed by atoms with Crippen molar-refractivity contribution in [2.45, 2.75) is 19.4 Å². The summed E-state index contributed by atoms with van der Waals surface area (Å²) in [5.74, 6) is -1.14. The highest BCUT2D eigenvalue weighted by atomic mass is 79.9. The van der Waals surface area contributed by atoms with Crippen LogP contribution in [0.3, 0.4) is 0 Å². The number of hydrogen-bond donors (Lipinski definition) is 0. The minimum Gasteiger partial charge on any atom is -0.457 e. The molecule has 0 N–H and O–H groups in total. The maximum Gasteiger partial charge on any atom is 0.312 e. The number of aromatic nitrogens is 4. The molecule has 0 amide bonds. The maximum absolute atomic E-state index is 13.5. The number of carbonyl (C=O) groups is 1. The van der Waals surface area contributed by atoms with Gasteiger partial charge < -0.3 is 4.74 Å². The van der Waals surface area contributed by atoms with Gasteiger partial charge in [-0.2, -0.15) is 4.39 Å². The van der Waals surface area contributed by atoms with Crippen LogP contribution >= 0.6 is 15.9 Å². The van der Waals surface area contributed by atoms with Crippen LogP contribution in [0.2, 0.25) is 0 Å². The van der Waals surface area contributed by atoms with Crippen molar-refractivity contribution >= 4 is 21.9 Å². The van der Waals surface area contributed by atoms with E-state index in [1.54, 1.807) is 20.0 Å². The molecule has 0 spiro atoms. The predicted molar refractivity (Wildman–Crippen MR) is 71.1 cm³/mol. The normalized spacial score (nSPS) is 12.2. The van der Waals surface area contributed by atoms with Gasteiger partial charge in [-0.15, -0.1) is 5.10 Å². The van der Waals surface area contributed by atoms with Crippen LogP contribution in [0.25, 0.3) is 0 Å². The lowest BCUT2D eigenvalue weighted by Gasteiger charge is -2.13. The first-order valence-electron chi connectivity index (χ1n) is 5.83. The SMILES string of the molecule is C[C@@H](OC(=O)Cc1c(Br)nnn1C)c1cccnc1F. The van der Waals surface area contributed by atoms with Crippen LogP contribution in [-0.4, -0.2) is 25.9 Å². The van der Waals surface area contributed by atoms with Gasteiger partial charge in [0.05, 0.1) is 12.1 Å². The molecule has 106 valence electrons. The lowest BCUT2D eigenvalue weighted by atomic mass is 10.2. The zero-order valence-electron chi connectivity index (χ0n) is 10.9. The summed E-state index contributed by atoms with van der Waals surface area (Å²) < 4.78 is 20.6. The van der Waals surface area contributed by atoms with Gasteiger partial charge in [-0.1, -0.05) is 5.21 Å². The van der Waals surface area contributed by atoms with E-state index in [0.29, 0.717) is 10.3 Å². The summed E-state index contributed by atoms with van der Waals surface area (Å²) in [4.78, 5) is 15.4. The second kappa shape index (κ2) is 6.08. The van der Waals surface area contributed by atoms with Crippen molar-refractivity contribution in [2.24, 2.45) is 7.05 Å². The van der Waals surface area contributed by atoms with Gasteiger partial charge >= 0.3 is 5.97 Å². The van der Waals surface area contributed by atoms with Gasteiger partial charge in [0.2, 0.25) is 5.95 Å². The molecule has 2 aromatic heterocycles. The van der Waals surface area contributed by atoms with E-state index >= 15 is 0 Å². The molecule has 0 aliphatic carbocycles. The molecule has 0 aliphatic heterocycles. The molecule has 0 radical (unpaired) electrons. The first-order chi connectivity index (χ1) is 9.49. The van der Waals surface area contributed by atoms with Crippen molar-refractivity contribution in [3.05, 3.63) is 40.1 Å². The van der Waals surface area contributed by atoms with Gasteiger partial charge in [0.1, 0.15) is 6.10 Å². The third kappa shape index (κ3) is 3.19. The zero-order valence-corrected chi connectivity index (χ0v) is 12.5. The van der Waals surface area contributed by atoms with E-state index in [0.717, 1.165) is 0 Å². The van der Waals surface area contributed by atoms with Crippen LogP contribution < -0.4 is 0 Å². The number of aryl methyl sites for hydroxylation is 1. The van der Waals surface area contributed by atoms with Gasteiger partial charge in [-0.25, -0.2) is 4.98 Å². The van der Waals surface area contributed by atoms with E-state index < -0.39 is 18.0 Å². The Bertz CT molecular complexity index is 612. The average Bonchev–Trinajstić information content (AvgIpc) is 2.71. The van der Waals surface area contributed by atoms with Crippen molar-refractivity contribution in [2.75, 3.05) is 0 Å². The lowest BCUT2D eigenvalue weighted by Crippen LogP contribution is -2.15. The van der Waals surface area contributed by atoms with E-state index in [1.807, 2.05) is 0 Å². The van der Waals surface area contributed by atoms with Gasteiger partial charge in [-0.3, -0.25) is 9.48 Å². The Kier molecular flexibility index (Phi) is 4.43. The largest absolute Gasteiger partial charge is 0.457 e. The molecule has 0 aromatic carbocycles. The molecule has 0 aliphatic rings. The Morgan fingerprint density at radius 3 is 2.95 bits per heavy atom. The minimum absolute atomic E-state index is 0.00367. The second-order valence-corrected chi connectivity index (χ2v) is 4.89. The Morgan fingerprint density at radius 1 is 1.60 bits per heavy atom. The number of halogens is 2. The molecule has 0 saturated carbocycles. The van der Waals surface area contributed by atoms with Crippen molar-refractivity contribution in [1.29, 1.82) is 0 Å². The fourth-order valence-electron chi connectivity index (χ4n) is 1.68. The number of esters is 1. The molecule has 0 unspecified atom stereocenters. The number of pyridine rings is 1. The molecule has 20 heavy (non-hydrogen) atoms. The van der Waals surface area contributed by atoms with Crippen molar-refractivity contribution < 1.29 is 13.9 Å². The Morgan fingerprint density at radius 2 is 2.35 bits per heavy atom. The molecular formula is C12H12BrFN4O2. The van der Waals surface area contributed by atoms with Crippen LogP contribution in [-0.2, 0) is 23.0 Å². The van der Waals surface area contributed by atoms with Crippen molar-refractivity contribution in [1.82, 2.24) is 20.0 Å². The second-order valence-electron chi connectivity index (χ2n) is 4.14. The topological polar surface area (TPSA) is 69.9 Å². The van der Waals surface area contributed by atoms with E-state index in [9.17, 15) is 9.18 Å². The smallest absolute Gasteiger partial charge is 0.312 e. The fraction of sp³-hybridized carbons (Fsp3) is 0.333. The summed E-state index contributed by atoms with van der Waals surface area (Å²) in [6.45, 7) is 1.59. The summed E-state index contributed by atoms with van der Waals surface area (Å²) in [6.07, 6.45) is 0.624. The fourth-order valence-corrected chi connectivity index (χ4v) is 2.15. The first kappa shape index (κ1) is 14.6. The van der Waals surface area contributed by atoms with Gasteiger partial charge in [0, 0.05) is 18.8 Å². The molecule has 6 nitrogen and oxygen atoms in total. The zero-order chi connectivity index (χ0) is 14.7. The molecule has 0 fully saturated rings. The highest BCUT2D eigenvalue weighted by Gasteiger charge is 2.19. The Balaban J connectivity index is 2.04. The quantitative estimate of drug-likeness (QED) is 0.627. The Hall–Kier alpha value is -1.83. The van der Waals surface area contributed by atoms with Crippen LogP contribution in [0, 0.1) is 5.95 Å². The van der Waals surface area contributed by atoms with Crippen molar-refractivity contribution in [3.8, 4) is 0 Å². The maximum atomic E-state index is 13.5. The van der Waals surface area contributed by atoms with Crippen LogP contribution in [0.4, 0.5) is 4.39 Å². The highest BCUT2D eigenvalue weighted by molar-refractivity contribution is 9.10. The third-order valence-electron chi connectivity index (χ3n) is 2.74. The van der Waals surface area contributed by atoms with E-state index in [1.165, 1.54) is 16.9 Å². The predicted octanol–water partition coefficient (Wildman–Crippen LogP) is 1.96. The van der Waals surface area contributed by atoms with Gasteiger partial charge in [0.25, 0.3) is 0 Å². The number of hydrogen-bond acceptors (Lipinski definition) is 5. The minimum atomic E-state index is -0.712. The lowest BCUT2D eigenvalue weighted by molar-refractivity contribution is -0.148. The summed E-state index contributed by atoms with van der Waals surface area (Å²) in [5.41, 5.74) is 0.830.